The van der Waals surface area contributed by atoms with Crippen LogP contribution in [-0.2, 0) is 9.47 Å². The Balaban J connectivity index is 1.68. The molecular weight excluding hydrogens is 326 g/mol. The zero-order chi connectivity index (χ0) is 16.9. The van der Waals surface area contributed by atoms with Gasteiger partial charge in [0.15, 0.2) is 5.79 Å². The molecule has 0 spiro atoms. The molecule has 2 aromatic rings. The molecule has 3 fully saturated rings. The summed E-state index contributed by atoms with van der Waals surface area (Å²) in [6.07, 6.45) is 4.11. The summed E-state index contributed by atoms with van der Waals surface area (Å²) in [5, 5.41) is 1.43. The Morgan fingerprint density at radius 2 is 2.12 bits per heavy atom. The first kappa shape index (κ1) is 15.1. The van der Waals surface area contributed by atoms with Gasteiger partial charge in [0, 0.05) is 11.1 Å². The second-order valence-corrected chi connectivity index (χ2v) is 8.32. The van der Waals surface area contributed by atoms with Crippen LogP contribution in [0.15, 0.2) is 12.4 Å². The molecule has 24 heavy (non-hydrogen) atoms. The number of hydrogen-bond acceptors (Lipinski definition) is 4. The van der Waals surface area contributed by atoms with Crippen molar-refractivity contribution in [2.24, 2.45) is 11.3 Å². The van der Waals surface area contributed by atoms with E-state index in [9.17, 15) is 0 Å². The Hall–Kier alpha value is -1.17. The fraction of sp³-hybridized carbons (Fsp3) is 0.667. The van der Waals surface area contributed by atoms with Crippen LogP contribution in [0, 0.1) is 18.3 Å². The fourth-order valence-electron chi connectivity index (χ4n) is 5.29. The first-order chi connectivity index (χ1) is 11.4. The van der Waals surface area contributed by atoms with E-state index >= 15 is 0 Å². The van der Waals surface area contributed by atoms with Gasteiger partial charge in [-0.15, -0.1) is 0 Å². The van der Waals surface area contributed by atoms with Gasteiger partial charge in [-0.2, -0.15) is 0 Å². The molecule has 3 heterocycles. The highest BCUT2D eigenvalue weighted by atomic mass is 35.5. The molecule has 2 aliphatic carbocycles. The van der Waals surface area contributed by atoms with Crippen LogP contribution in [0.25, 0.3) is 11.0 Å². The summed E-state index contributed by atoms with van der Waals surface area (Å²) in [5.74, 6) is 0.0592. The van der Waals surface area contributed by atoms with Gasteiger partial charge in [0.25, 0.3) is 0 Å². The zero-order valence-electron chi connectivity index (χ0n) is 14.4. The number of halogens is 1. The Bertz CT molecular complexity index is 848. The van der Waals surface area contributed by atoms with E-state index in [1.165, 1.54) is 6.42 Å². The third-order valence-electron chi connectivity index (χ3n) is 6.35. The first-order valence-corrected chi connectivity index (χ1v) is 9.09. The van der Waals surface area contributed by atoms with Crippen LogP contribution in [0.2, 0.25) is 5.15 Å². The van der Waals surface area contributed by atoms with Crippen molar-refractivity contribution in [1.82, 2.24) is 14.5 Å². The number of nitrogens with zero attached hydrogens (tertiary/aromatic N) is 3. The Kier molecular flexibility index (Phi) is 2.84. The van der Waals surface area contributed by atoms with Crippen molar-refractivity contribution in [1.29, 1.82) is 0 Å². The van der Waals surface area contributed by atoms with Crippen LogP contribution >= 0.6 is 11.6 Å². The number of aryl methyl sites for hydroxylation is 1. The Labute approximate surface area is 146 Å². The minimum Gasteiger partial charge on any atom is -0.344 e. The highest BCUT2D eigenvalue weighted by molar-refractivity contribution is 6.33. The van der Waals surface area contributed by atoms with Crippen LogP contribution in [0.5, 0.6) is 0 Å². The van der Waals surface area contributed by atoms with Crippen LogP contribution in [0.3, 0.4) is 0 Å². The molecule has 0 radical (unpaired) electrons. The average molecular weight is 348 g/mol. The summed E-state index contributed by atoms with van der Waals surface area (Å²) in [5.41, 5.74) is 2.31. The van der Waals surface area contributed by atoms with Gasteiger partial charge in [-0.25, -0.2) is 9.97 Å². The third kappa shape index (κ3) is 1.73. The van der Waals surface area contributed by atoms with Gasteiger partial charge in [0.2, 0.25) is 0 Å². The maximum absolute atomic E-state index is 6.35. The lowest BCUT2D eigenvalue weighted by molar-refractivity contribution is -0.161. The molecule has 0 N–H and O–H groups in total. The van der Waals surface area contributed by atoms with Crippen molar-refractivity contribution in [3.8, 4) is 0 Å². The molecule has 0 unspecified atom stereocenters. The Morgan fingerprint density at radius 1 is 1.33 bits per heavy atom. The highest BCUT2D eigenvalue weighted by Crippen LogP contribution is 2.73. The molecule has 5 atom stereocenters. The van der Waals surface area contributed by atoms with E-state index in [2.05, 4.69) is 34.4 Å². The normalized spacial score (nSPS) is 39.2. The van der Waals surface area contributed by atoms with E-state index < -0.39 is 5.79 Å². The lowest BCUT2D eigenvalue weighted by atomic mass is 9.96. The van der Waals surface area contributed by atoms with Crippen molar-refractivity contribution in [2.45, 2.75) is 64.6 Å². The van der Waals surface area contributed by atoms with E-state index in [0.717, 1.165) is 23.1 Å². The molecule has 6 heteroatoms. The Morgan fingerprint density at radius 3 is 2.88 bits per heavy atom. The summed E-state index contributed by atoms with van der Waals surface area (Å²) in [6.45, 7) is 8.42. The predicted octanol–water partition coefficient (Wildman–Crippen LogP) is 3.88. The monoisotopic (exact) mass is 347 g/mol. The lowest BCUT2D eigenvalue weighted by Gasteiger charge is -2.26. The maximum Gasteiger partial charge on any atom is 0.163 e. The van der Waals surface area contributed by atoms with E-state index in [1.807, 2.05) is 13.8 Å². The molecule has 2 aromatic heterocycles. The number of fused-ring (bicyclic) bond motifs is 4. The summed E-state index contributed by atoms with van der Waals surface area (Å²) >= 11 is 6.29. The van der Waals surface area contributed by atoms with Crippen LogP contribution < -0.4 is 0 Å². The summed E-state index contributed by atoms with van der Waals surface area (Å²) < 4.78 is 15.0. The van der Waals surface area contributed by atoms with Crippen molar-refractivity contribution in [2.75, 3.05) is 0 Å². The molecule has 3 aliphatic rings. The first-order valence-electron chi connectivity index (χ1n) is 8.71. The molecule has 5 rings (SSSR count). The number of rotatable bonds is 2. The van der Waals surface area contributed by atoms with Crippen LogP contribution in [0.4, 0.5) is 0 Å². The molecule has 1 aliphatic heterocycles. The van der Waals surface area contributed by atoms with Crippen LogP contribution in [0.1, 0.15) is 45.3 Å². The average Bonchev–Trinajstić information content (AvgIpc) is 2.92. The molecule has 128 valence electrons. The van der Waals surface area contributed by atoms with Crippen molar-refractivity contribution in [3.05, 3.63) is 23.2 Å². The van der Waals surface area contributed by atoms with E-state index in [1.54, 1.807) is 6.33 Å². The lowest BCUT2D eigenvalue weighted by Crippen LogP contribution is -2.32. The van der Waals surface area contributed by atoms with Crippen molar-refractivity contribution < 1.29 is 9.47 Å². The second kappa shape index (κ2) is 4.51. The predicted molar refractivity (Wildman–Crippen MR) is 91.0 cm³/mol. The van der Waals surface area contributed by atoms with Crippen molar-refractivity contribution >= 4 is 22.6 Å². The number of hydrogen-bond donors (Lipinski definition) is 0. The SMILES string of the molecule is CC[C@]12C[C@@H]1[C@@H](n1c(C)cc3c(Cl)ncnc31)[C@@H]1OC(C)(C)O[C@@H]12. The van der Waals surface area contributed by atoms with E-state index in [0.29, 0.717) is 11.1 Å². The molecule has 0 aromatic carbocycles. The largest absolute Gasteiger partial charge is 0.344 e. The minimum absolute atomic E-state index is 0.0711. The standard InChI is InChI=1S/C18H22ClN3O2/c1-5-18-7-11(18)12(13-14(18)24-17(3,4)23-13)22-9(2)6-10-15(19)20-8-21-16(10)22/h6,8,11-14H,5,7H2,1-4H3/t11-,12-,13+,14+,18+/m1/s1. The van der Waals surface area contributed by atoms with Gasteiger partial charge < -0.3 is 14.0 Å². The van der Waals surface area contributed by atoms with Crippen molar-refractivity contribution in [3.63, 3.8) is 0 Å². The van der Waals surface area contributed by atoms with Gasteiger partial charge in [-0.3, -0.25) is 0 Å². The third-order valence-corrected chi connectivity index (χ3v) is 6.66. The molecule has 2 saturated carbocycles. The van der Waals surface area contributed by atoms with Gasteiger partial charge in [0.1, 0.15) is 23.2 Å². The summed E-state index contributed by atoms with van der Waals surface area (Å²) in [4.78, 5) is 8.65. The van der Waals surface area contributed by atoms with Crippen LogP contribution in [-0.4, -0.2) is 32.5 Å². The van der Waals surface area contributed by atoms with Gasteiger partial charge in [0.05, 0.1) is 17.5 Å². The molecule has 5 nitrogen and oxygen atoms in total. The smallest absolute Gasteiger partial charge is 0.163 e. The van der Waals surface area contributed by atoms with Gasteiger partial charge in [-0.1, -0.05) is 18.5 Å². The second-order valence-electron chi connectivity index (χ2n) is 7.97. The molecular formula is C18H22ClN3O2. The summed E-state index contributed by atoms with van der Waals surface area (Å²) in [7, 11) is 0. The summed E-state index contributed by atoms with van der Waals surface area (Å²) in [6, 6.07) is 2.34. The fourth-order valence-corrected chi connectivity index (χ4v) is 5.47. The quantitative estimate of drug-likeness (QED) is 0.773. The zero-order valence-corrected chi connectivity index (χ0v) is 15.2. The van der Waals surface area contributed by atoms with E-state index in [-0.39, 0.29) is 23.7 Å². The minimum atomic E-state index is -0.521. The number of ether oxygens (including phenoxy) is 2. The maximum atomic E-state index is 6.35. The topological polar surface area (TPSA) is 49.2 Å². The molecule has 1 saturated heterocycles. The van der Waals surface area contributed by atoms with E-state index in [4.69, 9.17) is 21.1 Å². The number of aromatic nitrogens is 3. The van der Waals surface area contributed by atoms with Gasteiger partial charge in [-0.05, 0) is 45.6 Å². The van der Waals surface area contributed by atoms with Gasteiger partial charge >= 0.3 is 0 Å². The molecule has 0 bridgehead atoms. The molecule has 0 amide bonds. The highest BCUT2D eigenvalue weighted by Gasteiger charge is 2.75.